The zero-order chi connectivity index (χ0) is 19.7. The van der Waals surface area contributed by atoms with E-state index in [1.54, 1.807) is 35.2 Å². The molecule has 0 unspecified atom stereocenters. The fraction of sp³-hybridized carbons (Fsp3) is 0.238. The quantitative estimate of drug-likeness (QED) is 0.631. The Morgan fingerprint density at radius 2 is 1.82 bits per heavy atom. The molecular formula is C21H18ClFN2O3. The Hall–Kier alpha value is -2.70. The van der Waals surface area contributed by atoms with Crippen LogP contribution in [0.3, 0.4) is 0 Å². The van der Waals surface area contributed by atoms with Gasteiger partial charge in [0.25, 0.3) is 5.91 Å². The molecule has 0 bridgehead atoms. The summed E-state index contributed by atoms with van der Waals surface area (Å²) < 4.78 is 18.5. The van der Waals surface area contributed by atoms with Gasteiger partial charge in [0.05, 0.1) is 0 Å². The van der Waals surface area contributed by atoms with Crippen molar-refractivity contribution in [2.45, 2.75) is 6.54 Å². The molecule has 0 atom stereocenters. The SMILES string of the molecule is O=C(c1cc2ccccc2oc1=O)N1CCN(Cc2ccc(F)cc2Cl)CC1. The van der Waals surface area contributed by atoms with Crippen molar-refractivity contribution >= 4 is 28.5 Å². The molecule has 0 spiro atoms. The Kier molecular flexibility index (Phi) is 5.15. The summed E-state index contributed by atoms with van der Waals surface area (Å²) in [5.41, 5.74) is 0.737. The van der Waals surface area contributed by atoms with Crippen molar-refractivity contribution in [2.75, 3.05) is 26.2 Å². The van der Waals surface area contributed by atoms with Crippen molar-refractivity contribution in [3.8, 4) is 0 Å². The maximum absolute atomic E-state index is 13.2. The average Bonchev–Trinajstić information content (AvgIpc) is 2.69. The third kappa shape index (κ3) is 3.79. The standard InChI is InChI=1S/C21H18ClFN2O3/c22-18-12-16(23)6-5-15(18)13-24-7-9-25(10-8-24)20(26)17-11-14-3-1-2-4-19(14)28-21(17)27/h1-6,11-12H,7-10,13H2. The highest BCUT2D eigenvalue weighted by Crippen LogP contribution is 2.20. The van der Waals surface area contributed by atoms with E-state index in [1.165, 1.54) is 12.1 Å². The lowest BCUT2D eigenvalue weighted by Crippen LogP contribution is -2.49. The van der Waals surface area contributed by atoms with E-state index in [1.807, 2.05) is 6.07 Å². The molecule has 1 aliphatic heterocycles. The number of amides is 1. The number of hydrogen-bond donors (Lipinski definition) is 0. The molecule has 1 amide bonds. The molecule has 144 valence electrons. The molecule has 1 aromatic heterocycles. The van der Waals surface area contributed by atoms with Crippen molar-refractivity contribution in [3.63, 3.8) is 0 Å². The second kappa shape index (κ2) is 7.73. The molecule has 2 aromatic carbocycles. The van der Waals surface area contributed by atoms with Crippen LogP contribution in [-0.2, 0) is 6.54 Å². The zero-order valence-electron chi connectivity index (χ0n) is 15.0. The summed E-state index contributed by atoms with van der Waals surface area (Å²) in [4.78, 5) is 28.8. The average molecular weight is 401 g/mol. The number of halogens is 2. The Labute approximate surface area is 165 Å². The van der Waals surface area contributed by atoms with E-state index in [9.17, 15) is 14.0 Å². The van der Waals surface area contributed by atoms with E-state index in [0.29, 0.717) is 43.3 Å². The molecule has 1 aliphatic rings. The zero-order valence-corrected chi connectivity index (χ0v) is 15.8. The number of hydrogen-bond acceptors (Lipinski definition) is 4. The van der Waals surface area contributed by atoms with Gasteiger partial charge in [-0.1, -0.05) is 35.9 Å². The fourth-order valence-electron chi connectivity index (χ4n) is 3.38. The molecule has 0 N–H and O–H groups in total. The monoisotopic (exact) mass is 400 g/mol. The third-order valence-electron chi connectivity index (χ3n) is 4.94. The summed E-state index contributed by atoms with van der Waals surface area (Å²) in [5.74, 6) is -0.683. The lowest BCUT2D eigenvalue weighted by Gasteiger charge is -2.34. The van der Waals surface area contributed by atoms with Crippen LogP contribution >= 0.6 is 11.6 Å². The molecule has 0 radical (unpaired) electrons. The summed E-state index contributed by atoms with van der Waals surface area (Å²) in [6.45, 7) is 2.84. The minimum atomic E-state index is -0.621. The Morgan fingerprint density at radius 1 is 1.07 bits per heavy atom. The molecule has 0 saturated carbocycles. The van der Waals surface area contributed by atoms with Crippen molar-refractivity contribution in [3.05, 3.63) is 80.9 Å². The van der Waals surface area contributed by atoms with Gasteiger partial charge < -0.3 is 9.32 Å². The van der Waals surface area contributed by atoms with Crippen molar-refractivity contribution in [2.24, 2.45) is 0 Å². The van der Waals surface area contributed by atoms with Crippen LogP contribution in [0.5, 0.6) is 0 Å². The van der Waals surface area contributed by atoms with Crippen LogP contribution in [0, 0.1) is 5.82 Å². The number of carbonyl (C=O) groups excluding carboxylic acids is 1. The van der Waals surface area contributed by atoms with E-state index in [-0.39, 0.29) is 17.3 Å². The molecular weight excluding hydrogens is 383 g/mol. The third-order valence-corrected chi connectivity index (χ3v) is 5.29. The van der Waals surface area contributed by atoms with E-state index >= 15 is 0 Å². The first-order valence-corrected chi connectivity index (χ1v) is 9.37. The smallest absolute Gasteiger partial charge is 0.349 e. The summed E-state index contributed by atoms with van der Waals surface area (Å²) in [7, 11) is 0. The number of para-hydroxylation sites is 1. The van der Waals surface area contributed by atoms with Crippen LogP contribution in [-0.4, -0.2) is 41.9 Å². The summed E-state index contributed by atoms with van der Waals surface area (Å²) in [5, 5.41) is 1.11. The maximum Gasteiger partial charge on any atom is 0.349 e. The van der Waals surface area contributed by atoms with E-state index in [0.717, 1.165) is 10.9 Å². The largest absolute Gasteiger partial charge is 0.422 e. The van der Waals surface area contributed by atoms with E-state index in [2.05, 4.69) is 4.90 Å². The molecule has 1 saturated heterocycles. The van der Waals surface area contributed by atoms with Gasteiger partial charge in [-0.25, -0.2) is 9.18 Å². The van der Waals surface area contributed by atoms with Gasteiger partial charge in [-0.15, -0.1) is 0 Å². The number of rotatable bonds is 3. The predicted molar refractivity (Wildman–Crippen MR) is 105 cm³/mol. The topological polar surface area (TPSA) is 53.8 Å². The summed E-state index contributed by atoms with van der Waals surface area (Å²) >= 11 is 6.10. The van der Waals surface area contributed by atoms with Gasteiger partial charge in [0.2, 0.25) is 0 Å². The molecule has 0 aliphatic carbocycles. The molecule has 28 heavy (non-hydrogen) atoms. The Balaban J connectivity index is 1.44. The van der Waals surface area contributed by atoms with Crippen LogP contribution in [0.1, 0.15) is 15.9 Å². The van der Waals surface area contributed by atoms with Crippen LogP contribution in [0.2, 0.25) is 5.02 Å². The first kappa shape index (κ1) is 18.7. The minimum Gasteiger partial charge on any atom is -0.422 e. The number of nitrogens with zero attached hydrogens (tertiary/aromatic N) is 2. The van der Waals surface area contributed by atoms with Crippen molar-refractivity contribution in [1.82, 2.24) is 9.80 Å². The Bertz CT molecular complexity index is 1090. The van der Waals surface area contributed by atoms with Gasteiger partial charge in [0.15, 0.2) is 0 Å². The van der Waals surface area contributed by atoms with Crippen molar-refractivity contribution in [1.29, 1.82) is 0 Å². The van der Waals surface area contributed by atoms with Crippen LogP contribution in [0.4, 0.5) is 4.39 Å². The second-order valence-electron chi connectivity index (χ2n) is 6.79. The van der Waals surface area contributed by atoms with Crippen LogP contribution < -0.4 is 5.63 Å². The first-order valence-electron chi connectivity index (χ1n) is 9.00. The Morgan fingerprint density at radius 3 is 2.57 bits per heavy atom. The summed E-state index contributed by atoms with van der Waals surface area (Å²) in [6.07, 6.45) is 0. The molecule has 7 heteroatoms. The highest BCUT2D eigenvalue weighted by molar-refractivity contribution is 6.31. The van der Waals surface area contributed by atoms with Gasteiger partial charge in [0, 0.05) is 43.1 Å². The molecule has 1 fully saturated rings. The minimum absolute atomic E-state index is 0.0497. The van der Waals surface area contributed by atoms with Crippen LogP contribution in [0.25, 0.3) is 11.0 Å². The maximum atomic E-state index is 13.2. The lowest BCUT2D eigenvalue weighted by molar-refractivity contribution is 0.0624. The highest BCUT2D eigenvalue weighted by Gasteiger charge is 2.25. The number of piperazine rings is 1. The number of fused-ring (bicyclic) bond motifs is 1. The molecule has 2 heterocycles. The lowest BCUT2D eigenvalue weighted by atomic mass is 10.1. The van der Waals surface area contributed by atoms with E-state index < -0.39 is 5.63 Å². The molecule has 3 aromatic rings. The predicted octanol–water partition coefficient (Wildman–Crippen LogP) is 3.54. The highest BCUT2D eigenvalue weighted by atomic mass is 35.5. The van der Waals surface area contributed by atoms with Gasteiger partial charge in [0.1, 0.15) is 17.0 Å². The summed E-state index contributed by atoms with van der Waals surface area (Å²) in [6, 6.07) is 13.1. The normalized spacial score (nSPS) is 15.1. The van der Waals surface area contributed by atoms with Gasteiger partial charge in [-0.3, -0.25) is 9.69 Å². The number of benzene rings is 2. The van der Waals surface area contributed by atoms with Crippen LogP contribution in [0.15, 0.2) is 57.7 Å². The molecule has 5 nitrogen and oxygen atoms in total. The molecule has 4 rings (SSSR count). The van der Waals surface area contributed by atoms with E-state index in [4.69, 9.17) is 16.0 Å². The second-order valence-corrected chi connectivity index (χ2v) is 7.20. The first-order chi connectivity index (χ1) is 13.5. The fourth-order valence-corrected chi connectivity index (χ4v) is 3.61. The van der Waals surface area contributed by atoms with Crippen molar-refractivity contribution < 1.29 is 13.6 Å². The van der Waals surface area contributed by atoms with Gasteiger partial charge >= 0.3 is 5.63 Å². The van der Waals surface area contributed by atoms with Gasteiger partial charge in [-0.2, -0.15) is 0 Å². The number of carbonyl (C=O) groups is 1. The van der Waals surface area contributed by atoms with Gasteiger partial charge in [-0.05, 0) is 29.8 Å².